The van der Waals surface area contributed by atoms with Crippen molar-refractivity contribution in [2.24, 2.45) is 0 Å². The third kappa shape index (κ3) is 2.80. The van der Waals surface area contributed by atoms with E-state index >= 15 is 0 Å². The van der Waals surface area contributed by atoms with E-state index in [1.54, 1.807) is 6.07 Å². The Morgan fingerprint density at radius 1 is 1.38 bits per heavy atom. The zero-order valence-corrected chi connectivity index (χ0v) is 12.1. The predicted octanol–water partition coefficient (Wildman–Crippen LogP) is 2.00. The van der Waals surface area contributed by atoms with Crippen molar-refractivity contribution >= 4 is 5.78 Å². The van der Waals surface area contributed by atoms with Gasteiger partial charge in [0.05, 0.1) is 19.8 Å². The van der Waals surface area contributed by atoms with Gasteiger partial charge < -0.3 is 9.84 Å². The van der Waals surface area contributed by atoms with E-state index in [0.717, 1.165) is 25.7 Å². The van der Waals surface area contributed by atoms with Crippen LogP contribution in [0.3, 0.4) is 0 Å². The third-order valence-electron chi connectivity index (χ3n) is 4.66. The van der Waals surface area contributed by atoms with Gasteiger partial charge in [-0.3, -0.25) is 9.69 Å². The lowest BCUT2D eigenvalue weighted by atomic mass is 9.99. The van der Waals surface area contributed by atoms with Crippen LogP contribution in [-0.2, 0) is 0 Å². The highest BCUT2D eigenvalue weighted by Crippen LogP contribution is 2.35. The van der Waals surface area contributed by atoms with E-state index in [1.807, 2.05) is 0 Å². The number of ether oxygens (including phenoxy) is 1. The molecule has 2 fully saturated rings. The molecule has 2 saturated heterocycles. The number of aliphatic hydroxyl groups is 1. The number of methoxy groups -OCH3 is 1. The Balaban J connectivity index is 1.71. The number of carbonyl (C=O) groups is 1. The molecule has 4 nitrogen and oxygen atoms in total. The van der Waals surface area contributed by atoms with E-state index in [0.29, 0.717) is 12.1 Å². The lowest BCUT2D eigenvalue weighted by molar-refractivity contribution is 0.0344. The summed E-state index contributed by atoms with van der Waals surface area (Å²) in [5.74, 6) is -0.446. The fourth-order valence-electron chi connectivity index (χ4n) is 3.60. The molecule has 2 aliphatic rings. The maximum absolute atomic E-state index is 13.7. The van der Waals surface area contributed by atoms with Crippen molar-refractivity contribution in [2.75, 3.05) is 13.7 Å². The number of halogens is 1. The van der Waals surface area contributed by atoms with E-state index in [1.165, 1.54) is 19.2 Å². The normalized spacial score (nSPS) is 28.6. The minimum Gasteiger partial charge on any atom is -0.494 e. The first-order chi connectivity index (χ1) is 10.1. The van der Waals surface area contributed by atoms with E-state index in [9.17, 15) is 14.3 Å². The Morgan fingerprint density at radius 2 is 2.05 bits per heavy atom. The van der Waals surface area contributed by atoms with Gasteiger partial charge in [0.25, 0.3) is 0 Å². The molecule has 21 heavy (non-hydrogen) atoms. The SMILES string of the molecule is COc1ccc(C(=O)CN2C3CCC2CC(O)C3)cc1F. The lowest BCUT2D eigenvalue weighted by Crippen LogP contribution is -2.46. The summed E-state index contributed by atoms with van der Waals surface area (Å²) >= 11 is 0. The van der Waals surface area contributed by atoms with E-state index < -0.39 is 5.82 Å². The molecule has 0 aliphatic carbocycles. The zero-order chi connectivity index (χ0) is 15.0. The van der Waals surface area contributed by atoms with Crippen LogP contribution in [0.2, 0.25) is 0 Å². The summed E-state index contributed by atoms with van der Waals surface area (Å²) in [5.41, 5.74) is 0.374. The summed E-state index contributed by atoms with van der Waals surface area (Å²) in [6.07, 6.45) is 3.30. The average molecular weight is 293 g/mol. The van der Waals surface area contributed by atoms with Crippen LogP contribution in [0.25, 0.3) is 0 Å². The fourth-order valence-corrected chi connectivity index (χ4v) is 3.60. The summed E-state index contributed by atoms with van der Waals surface area (Å²) in [6.45, 7) is 0.299. The first kappa shape index (κ1) is 14.5. The molecular weight excluding hydrogens is 273 g/mol. The maximum atomic E-state index is 13.7. The predicted molar refractivity (Wildman–Crippen MR) is 76.0 cm³/mol. The molecule has 3 rings (SSSR count). The highest BCUT2D eigenvalue weighted by molar-refractivity contribution is 5.97. The number of nitrogens with zero attached hydrogens (tertiary/aromatic N) is 1. The molecule has 2 aliphatic heterocycles. The van der Waals surface area contributed by atoms with Gasteiger partial charge in [0, 0.05) is 17.6 Å². The number of piperidine rings is 1. The first-order valence-electron chi connectivity index (χ1n) is 7.39. The minimum absolute atomic E-state index is 0.0788. The van der Waals surface area contributed by atoms with Gasteiger partial charge in [0.15, 0.2) is 17.3 Å². The average Bonchev–Trinajstić information content (AvgIpc) is 2.70. The summed E-state index contributed by atoms with van der Waals surface area (Å²) in [5, 5.41) is 9.78. The molecule has 5 heteroatoms. The lowest BCUT2D eigenvalue weighted by Gasteiger charge is -2.36. The topological polar surface area (TPSA) is 49.8 Å². The number of rotatable bonds is 4. The second kappa shape index (κ2) is 5.73. The summed E-state index contributed by atoms with van der Waals surface area (Å²) < 4.78 is 18.5. The van der Waals surface area contributed by atoms with Crippen LogP contribution in [0.4, 0.5) is 4.39 Å². The number of ketones is 1. The van der Waals surface area contributed by atoms with Crippen LogP contribution in [0, 0.1) is 5.82 Å². The van der Waals surface area contributed by atoms with E-state index in [4.69, 9.17) is 4.74 Å². The number of carbonyl (C=O) groups excluding carboxylic acids is 1. The van der Waals surface area contributed by atoms with Gasteiger partial charge in [-0.1, -0.05) is 0 Å². The van der Waals surface area contributed by atoms with Gasteiger partial charge in [0.1, 0.15) is 0 Å². The van der Waals surface area contributed by atoms with Crippen molar-refractivity contribution in [3.05, 3.63) is 29.6 Å². The minimum atomic E-state index is -0.514. The molecule has 0 aromatic heterocycles. The Kier molecular flexibility index (Phi) is 3.95. The molecule has 0 amide bonds. The van der Waals surface area contributed by atoms with Crippen LogP contribution in [-0.4, -0.2) is 47.6 Å². The Bertz CT molecular complexity index is 534. The largest absolute Gasteiger partial charge is 0.494 e. The van der Waals surface area contributed by atoms with Crippen LogP contribution >= 0.6 is 0 Å². The van der Waals surface area contributed by atoms with Crippen molar-refractivity contribution in [3.8, 4) is 5.75 Å². The van der Waals surface area contributed by atoms with Gasteiger partial charge >= 0.3 is 0 Å². The summed E-state index contributed by atoms with van der Waals surface area (Å²) in [6, 6.07) is 4.89. The standard InChI is InChI=1S/C16H20FNO3/c1-21-16-5-2-10(6-14(16)17)15(20)9-18-11-3-4-12(18)8-13(19)7-11/h2,5-6,11-13,19H,3-4,7-9H2,1H3. The molecule has 0 saturated carbocycles. The van der Waals surface area contributed by atoms with Crippen molar-refractivity contribution in [3.63, 3.8) is 0 Å². The third-order valence-corrected chi connectivity index (χ3v) is 4.66. The highest BCUT2D eigenvalue weighted by atomic mass is 19.1. The molecular formula is C16H20FNO3. The molecule has 0 radical (unpaired) electrons. The number of hydrogen-bond acceptors (Lipinski definition) is 4. The van der Waals surface area contributed by atoms with Crippen molar-refractivity contribution in [2.45, 2.75) is 43.9 Å². The van der Waals surface area contributed by atoms with Crippen molar-refractivity contribution in [1.29, 1.82) is 0 Å². The number of fused-ring (bicyclic) bond motifs is 2. The molecule has 114 valence electrons. The Morgan fingerprint density at radius 3 is 2.62 bits per heavy atom. The van der Waals surface area contributed by atoms with Crippen LogP contribution in [0.5, 0.6) is 5.75 Å². The molecule has 1 N–H and O–H groups in total. The number of hydrogen-bond donors (Lipinski definition) is 1. The molecule has 2 bridgehead atoms. The van der Waals surface area contributed by atoms with E-state index in [2.05, 4.69) is 4.90 Å². The monoisotopic (exact) mass is 293 g/mol. The number of Topliss-reactive ketones (excluding diaryl/α,β-unsaturated/α-hetero) is 1. The van der Waals surface area contributed by atoms with Crippen molar-refractivity contribution < 1.29 is 19.0 Å². The molecule has 2 atom stereocenters. The van der Waals surface area contributed by atoms with Crippen LogP contribution in [0.1, 0.15) is 36.0 Å². The van der Waals surface area contributed by atoms with Crippen LogP contribution < -0.4 is 4.74 Å². The van der Waals surface area contributed by atoms with Crippen LogP contribution in [0.15, 0.2) is 18.2 Å². The summed E-state index contributed by atoms with van der Waals surface area (Å²) in [4.78, 5) is 14.5. The van der Waals surface area contributed by atoms with Gasteiger partial charge in [-0.05, 0) is 43.9 Å². The van der Waals surface area contributed by atoms with Gasteiger partial charge in [-0.2, -0.15) is 0 Å². The quantitative estimate of drug-likeness (QED) is 0.863. The molecule has 2 unspecified atom stereocenters. The number of aliphatic hydroxyl groups excluding tert-OH is 1. The zero-order valence-electron chi connectivity index (χ0n) is 12.1. The molecule has 0 spiro atoms. The van der Waals surface area contributed by atoms with Gasteiger partial charge in [-0.15, -0.1) is 0 Å². The van der Waals surface area contributed by atoms with Gasteiger partial charge in [0.2, 0.25) is 0 Å². The summed E-state index contributed by atoms with van der Waals surface area (Å²) in [7, 11) is 1.40. The second-order valence-corrected chi connectivity index (χ2v) is 5.96. The highest BCUT2D eigenvalue weighted by Gasteiger charge is 2.40. The maximum Gasteiger partial charge on any atom is 0.176 e. The molecule has 1 aromatic rings. The fraction of sp³-hybridized carbons (Fsp3) is 0.562. The van der Waals surface area contributed by atoms with E-state index in [-0.39, 0.29) is 29.7 Å². The second-order valence-electron chi connectivity index (χ2n) is 5.96. The Labute approximate surface area is 123 Å². The van der Waals surface area contributed by atoms with Crippen molar-refractivity contribution in [1.82, 2.24) is 4.90 Å². The molecule has 2 heterocycles. The van der Waals surface area contributed by atoms with Gasteiger partial charge in [-0.25, -0.2) is 4.39 Å². The first-order valence-corrected chi connectivity index (χ1v) is 7.39. The molecule has 1 aromatic carbocycles. The number of benzene rings is 1. The smallest absolute Gasteiger partial charge is 0.176 e. The Hall–Kier alpha value is -1.46.